The second-order valence-corrected chi connectivity index (χ2v) is 5.15. The van der Waals surface area contributed by atoms with E-state index in [1.165, 1.54) is 0 Å². The van der Waals surface area contributed by atoms with Crippen LogP contribution >= 0.6 is 0 Å². The molecule has 0 unspecified atom stereocenters. The Morgan fingerprint density at radius 1 is 1.15 bits per heavy atom. The number of nitrogens with zero attached hydrogens (tertiary/aromatic N) is 1. The highest BCUT2D eigenvalue weighted by Crippen LogP contribution is 2.33. The van der Waals surface area contributed by atoms with Gasteiger partial charge in [0.2, 0.25) is 0 Å². The number of benzene rings is 1. The van der Waals surface area contributed by atoms with E-state index in [9.17, 15) is 0 Å². The molecular formula is C16H17NO3. The van der Waals surface area contributed by atoms with E-state index < -0.39 is 0 Å². The molecule has 0 aliphatic carbocycles. The number of hydrogen-bond acceptors (Lipinski definition) is 4. The van der Waals surface area contributed by atoms with Crippen LogP contribution in [0.1, 0.15) is 30.0 Å². The highest BCUT2D eigenvalue weighted by molar-refractivity contribution is 6.06. The first-order valence-electron chi connectivity index (χ1n) is 6.78. The van der Waals surface area contributed by atoms with Crippen molar-refractivity contribution >= 4 is 21.9 Å². The smallest absolute Gasteiger partial charge is 0.255 e. The number of hydrogen-bond donors (Lipinski definition) is 1. The van der Waals surface area contributed by atoms with E-state index in [2.05, 4.69) is 12.1 Å². The van der Waals surface area contributed by atoms with Crippen molar-refractivity contribution in [1.29, 1.82) is 0 Å². The lowest BCUT2D eigenvalue weighted by atomic mass is 10.00. The van der Waals surface area contributed by atoms with Gasteiger partial charge in [0.25, 0.3) is 5.55 Å². The van der Waals surface area contributed by atoms with E-state index in [1.54, 1.807) is 12.3 Å². The Balaban J connectivity index is 2.54. The Morgan fingerprint density at radius 2 is 1.95 bits per heavy atom. The minimum absolute atomic E-state index is 0.225. The lowest BCUT2D eigenvalue weighted by Crippen LogP contribution is -2.03. The van der Waals surface area contributed by atoms with Crippen molar-refractivity contribution in [2.45, 2.75) is 33.6 Å². The topological polar surface area (TPSA) is 58.9 Å². The third-order valence-corrected chi connectivity index (χ3v) is 3.64. The van der Waals surface area contributed by atoms with Gasteiger partial charge >= 0.3 is 0 Å². The van der Waals surface area contributed by atoms with Crippen molar-refractivity contribution in [3.8, 4) is 0 Å². The Bertz CT molecular complexity index is 855. The summed E-state index contributed by atoms with van der Waals surface area (Å²) in [5.74, 6) is 0. The highest BCUT2D eigenvalue weighted by Gasteiger charge is 2.15. The Kier molecular flexibility index (Phi) is 3.01. The maximum absolute atomic E-state index is 8.98. The number of aryl methyl sites for hydroxylation is 3. The SMILES string of the molecule is CCCc1c/c(=N/O)oc2cc(C)c3c(C)coc3c12. The molecule has 104 valence electrons. The molecule has 0 spiro atoms. The van der Waals surface area contributed by atoms with Crippen LogP contribution in [0.3, 0.4) is 0 Å². The fourth-order valence-electron chi connectivity index (χ4n) is 2.83. The zero-order valence-electron chi connectivity index (χ0n) is 11.9. The molecule has 0 atom stereocenters. The van der Waals surface area contributed by atoms with E-state index in [4.69, 9.17) is 14.0 Å². The molecule has 0 fully saturated rings. The molecule has 0 radical (unpaired) electrons. The standard InChI is InChI=1S/C16H17NO3/c1-4-5-11-7-13(17-18)20-12-6-9(2)14-10(3)8-19-16(14)15(11)12/h6-8,18H,4-5H2,1-3H3/b17-13-. The lowest BCUT2D eigenvalue weighted by Gasteiger charge is -2.07. The summed E-state index contributed by atoms with van der Waals surface area (Å²) in [7, 11) is 0. The third-order valence-electron chi connectivity index (χ3n) is 3.64. The minimum Gasteiger partial charge on any atom is -0.463 e. The van der Waals surface area contributed by atoms with Crippen LogP contribution in [0.15, 0.2) is 32.4 Å². The van der Waals surface area contributed by atoms with Gasteiger partial charge in [-0.25, -0.2) is 0 Å². The largest absolute Gasteiger partial charge is 0.463 e. The molecule has 4 nitrogen and oxygen atoms in total. The molecule has 0 saturated heterocycles. The molecule has 1 N–H and O–H groups in total. The van der Waals surface area contributed by atoms with Gasteiger partial charge in [-0.2, -0.15) is 0 Å². The van der Waals surface area contributed by atoms with Crippen LogP contribution < -0.4 is 5.55 Å². The van der Waals surface area contributed by atoms with Crippen LogP contribution in [0.4, 0.5) is 0 Å². The second kappa shape index (κ2) is 4.71. The molecule has 0 amide bonds. The van der Waals surface area contributed by atoms with Gasteiger partial charge in [-0.15, -0.1) is 0 Å². The molecule has 1 aromatic carbocycles. The fraction of sp³-hybridized carbons (Fsp3) is 0.312. The van der Waals surface area contributed by atoms with Crippen LogP contribution in [0.2, 0.25) is 0 Å². The van der Waals surface area contributed by atoms with E-state index in [1.807, 2.05) is 19.9 Å². The normalized spacial score (nSPS) is 12.7. The summed E-state index contributed by atoms with van der Waals surface area (Å²) in [5, 5.41) is 14.3. The molecule has 20 heavy (non-hydrogen) atoms. The van der Waals surface area contributed by atoms with Gasteiger partial charge < -0.3 is 14.0 Å². The summed E-state index contributed by atoms with van der Waals surface area (Å²) in [6, 6.07) is 3.76. The summed E-state index contributed by atoms with van der Waals surface area (Å²) in [6.45, 7) is 6.19. The summed E-state index contributed by atoms with van der Waals surface area (Å²) in [4.78, 5) is 0. The number of furan rings is 1. The van der Waals surface area contributed by atoms with Crippen LogP contribution in [0.5, 0.6) is 0 Å². The van der Waals surface area contributed by atoms with Gasteiger partial charge in [-0.1, -0.05) is 13.3 Å². The van der Waals surface area contributed by atoms with Gasteiger partial charge in [-0.05, 0) is 48.2 Å². The molecule has 4 heteroatoms. The van der Waals surface area contributed by atoms with Gasteiger partial charge in [0.1, 0.15) is 11.2 Å². The average Bonchev–Trinajstić information content (AvgIpc) is 2.81. The molecule has 2 heterocycles. The maximum Gasteiger partial charge on any atom is 0.255 e. The van der Waals surface area contributed by atoms with Crippen molar-refractivity contribution in [2.24, 2.45) is 5.16 Å². The molecule has 0 bridgehead atoms. The van der Waals surface area contributed by atoms with E-state index >= 15 is 0 Å². The number of rotatable bonds is 2. The summed E-state index contributed by atoms with van der Waals surface area (Å²) >= 11 is 0. The first-order chi connectivity index (χ1) is 9.65. The summed E-state index contributed by atoms with van der Waals surface area (Å²) in [6.07, 6.45) is 3.66. The van der Waals surface area contributed by atoms with Crippen LogP contribution in [0.25, 0.3) is 21.9 Å². The molecule has 2 aromatic heterocycles. The van der Waals surface area contributed by atoms with Crippen molar-refractivity contribution in [2.75, 3.05) is 0 Å². The predicted molar refractivity (Wildman–Crippen MR) is 76.8 cm³/mol. The molecule has 3 aromatic rings. The zero-order chi connectivity index (χ0) is 14.3. The number of fused-ring (bicyclic) bond motifs is 3. The molecule has 0 aliphatic heterocycles. The minimum atomic E-state index is 0.225. The van der Waals surface area contributed by atoms with E-state index in [0.29, 0.717) is 5.58 Å². The van der Waals surface area contributed by atoms with E-state index in [-0.39, 0.29) is 5.55 Å². The molecule has 0 saturated carbocycles. The Labute approximate surface area is 116 Å². The highest BCUT2D eigenvalue weighted by atomic mass is 16.5. The van der Waals surface area contributed by atoms with E-state index in [0.717, 1.165) is 45.9 Å². The van der Waals surface area contributed by atoms with Gasteiger partial charge in [0.05, 0.1) is 11.6 Å². The van der Waals surface area contributed by atoms with Crippen molar-refractivity contribution in [1.82, 2.24) is 0 Å². The monoisotopic (exact) mass is 271 g/mol. The van der Waals surface area contributed by atoms with Crippen molar-refractivity contribution < 1.29 is 14.0 Å². The Hall–Kier alpha value is -2.23. The average molecular weight is 271 g/mol. The Morgan fingerprint density at radius 3 is 2.65 bits per heavy atom. The van der Waals surface area contributed by atoms with Gasteiger partial charge in [0.15, 0.2) is 0 Å². The predicted octanol–water partition coefficient (Wildman–Crippen LogP) is 4.04. The first-order valence-corrected chi connectivity index (χ1v) is 6.78. The molecular weight excluding hydrogens is 254 g/mol. The lowest BCUT2D eigenvalue weighted by molar-refractivity contribution is 0.276. The van der Waals surface area contributed by atoms with Crippen LogP contribution in [0, 0.1) is 13.8 Å². The van der Waals surface area contributed by atoms with Crippen molar-refractivity contribution in [3.63, 3.8) is 0 Å². The fourth-order valence-corrected chi connectivity index (χ4v) is 2.83. The maximum atomic E-state index is 8.98. The van der Waals surface area contributed by atoms with Crippen LogP contribution in [-0.4, -0.2) is 5.21 Å². The molecule has 3 rings (SSSR count). The first kappa shape index (κ1) is 12.8. The van der Waals surface area contributed by atoms with Crippen molar-refractivity contribution in [3.05, 3.63) is 40.6 Å². The van der Waals surface area contributed by atoms with Gasteiger partial charge in [0, 0.05) is 11.5 Å². The van der Waals surface area contributed by atoms with Crippen LogP contribution in [-0.2, 0) is 6.42 Å². The second-order valence-electron chi connectivity index (χ2n) is 5.15. The summed E-state index contributed by atoms with van der Waals surface area (Å²) < 4.78 is 11.4. The summed E-state index contributed by atoms with van der Waals surface area (Å²) in [5.41, 5.74) is 5.08. The van der Waals surface area contributed by atoms with Gasteiger partial charge in [-0.3, -0.25) is 0 Å². The quantitative estimate of drug-likeness (QED) is 0.565. The zero-order valence-corrected chi connectivity index (χ0v) is 11.9. The molecule has 0 aliphatic rings. The third kappa shape index (κ3) is 1.80.